The number of aromatic amines is 1. The first-order valence-corrected chi connectivity index (χ1v) is 16.7. The summed E-state index contributed by atoms with van der Waals surface area (Å²) in [5, 5.41) is 5.07. The van der Waals surface area contributed by atoms with Gasteiger partial charge in [0.25, 0.3) is 0 Å². The van der Waals surface area contributed by atoms with Crippen molar-refractivity contribution in [2.75, 3.05) is 68.0 Å². The minimum Gasteiger partial charge on any atom is -0.436 e. The number of carbonyl (C=O) groups is 1. The second kappa shape index (κ2) is 12.9. The second-order valence-corrected chi connectivity index (χ2v) is 13.1. The predicted octanol–water partition coefficient (Wildman–Crippen LogP) is 3.63. The maximum Gasteiger partial charge on any atom is 0.301 e. The molecule has 2 aliphatic rings. The minimum absolute atomic E-state index is 0.0423. The molecule has 250 valence electrons. The minimum atomic E-state index is -3.86. The Morgan fingerprint density at radius 1 is 1.00 bits per heavy atom. The fourth-order valence-corrected chi connectivity index (χ4v) is 6.94. The summed E-state index contributed by atoms with van der Waals surface area (Å²) in [6.45, 7) is 5.11. The number of hydrogen-bond donors (Lipinski definition) is 3. The van der Waals surface area contributed by atoms with Crippen LogP contribution >= 0.6 is 0 Å². The monoisotopic (exact) mass is 676 g/mol. The number of carbonyl (C=O) groups excluding carboxylic acids is 1. The number of pyridine rings is 1. The molecule has 48 heavy (non-hydrogen) atoms. The van der Waals surface area contributed by atoms with Gasteiger partial charge in [-0.15, -0.1) is 0 Å². The number of nitrogens with one attached hydrogen (secondary N) is 2. The van der Waals surface area contributed by atoms with Crippen LogP contribution in [-0.2, 0) is 19.7 Å². The highest BCUT2D eigenvalue weighted by atomic mass is 32.2. The summed E-state index contributed by atoms with van der Waals surface area (Å²) in [5.74, 6) is -0.590. The Bertz CT molecular complexity index is 2100. The molecule has 5 heterocycles. The molecule has 14 nitrogen and oxygen atoms in total. The molecule has 2 aliphatic heterocycles. The van der Waals surface area contributed by atoms with Gasteiger partial charge in [-0.3, -0.25) is 9.52 Å². The normalized spacial score (nSPS) is 15.9. The van der Waals surface area contributed by atoms with E-state index >= 15 is 0 Å². The molecule has 2 aromatic carbocycles. The maximum atomic E-state index is 14.1. The van der Waals surface area contributed by atoms with Crippen LogP contribution in [0.5, 0.6) is 11.6 Å². The fourth-order valence-electron chi connectivity index (χ4n) is 5.74. The molecule has 0 unspecified atom stereocenters. The third-order valence-corrected chi connectivity index (χ3v) is 9.79. The number of anilines is 3. The number of ketones is 1. The van der Waals surface area contributed by atoms with Crippen LogP contribution in [0.3, 0.4) is 0 Å². The van der Waals surface area contributed by atoms with Gasteiger partial charge in [-0.1, -0.05) is 12.1 Å². The smallest absolute Gasteiger partial charge is 0.301 e. The predicted molar refractivity (Wildman–Crippen MR) is 177 cm³/mol. The van der Waals surface area contributed by atoms with E-state index in [4.69, 9.17) is 19.9 Å². The van der Waals surface area contributed by atoms with Crippen molar-refractivity contribution in [2.24, 2.45) is 0 Å². The van der Waals surface area contributed by atoms with Crippen molar-refractivity contribution in [1.29, 1.82) is 0 Å². The van der Waals surface area contributed by atoms with E-state index in [9.17, 15) is 17.6 Å². The van der Waals surface area contributed by atoms with E-state index in [-0.39, 0.29) is 41.8 Å². The number of para-hydroxylation sites is 1. The molecule has 0 amide bonds. The van der Waals surface area contributed by atoms with E-state index in [1.165, 1.54) is 33.5 Å². The van der Waals surface area contributed by atoms with Crippen molar-refractivity contribution in [3.05, 3.63) is 83.6 Å². The van der Waals surface area contributed by atoms with E-state index in [0.717, 1.165) is 0 Å². The van der Waals surface area contributed by atoms with E-state index in [0.29, 0.717) is 73.0 Å². The Balaban J connectivity index is 1.18. The van der Waals surface area contributed by atoms with Crippen molar-refractivity contribution in [3.8, 4) is 17.3 Å². The highest BCUT2D eigenvalue weighted by Gasteiger charge is 2.28. The quantitative estimate of drug-likeness (QED) is 0.196. The first kappa shape index (κ1) is 31.6. The van der Waals surface area contributed by atoms with Crippen molar-refractivity contribution < 1.29 is 31.8 Å². The molecule has 3 aromatic heterocycles. The van der Waals surface area contributed by atoms with Crippen LogP contribution in [0.25, 0.3) is 16.6 Å². The highest BCUT2D eigenvalue weighted by molar-refractivity contribution is 7.90. The number of hydrogen-bond acceptors (Lipinski definition) is 10. The SMILES string of the molecule is Cc1cc(Oc2ccccc2F)ncc1-n1ncc(C(=O)c2cc3cc(N4CCOCC4)c(NS(=O)(=O)N4CCOCC4)cc3[nH]2)c1N. The number of halogens is 1. The van der Waals surface area contributed by atoms with Crippen LogP contribution in [0, 0.1) is 12.7 Å². The average molecular weight is 677 g/mol. The molecule has 0 saturated carbocycles. The van der Waals surface area contributed by atoms with Gasteiger partial charge in [0.2, 0.25) is 11.7 Å². The summed E-state index contributed by atoms with van der Waals surface area (Å²) in [6, 6.07) is 12.9. The van der Waals surface area contributed by atoms with Gasteiger partial charge < -0.3 is 29.8 Å². The van der Waals surface area contributed by atoms with Gasteiger partial charge in [0.15, 0.2) is 11.6 Å². The van der Waals surface area contributed by atoms with Gasteiger partial charge in [0.1, 0.15) is 5.82 Å². The maximum absolute atomic E-state index is 14.1. The number of H-pyrrole nitrogens is 1. The van der Waals surface area contributed by atoms with Gasteiger partial charge in [0, 0.05) is 43.1 Å². The summed E-state index contributed by atoms with van der Waals surface area (Å²) in [4.78, 5) is 23.2. The number of benzene rings is 2. The molecule has 2 fully saturated rings. The van der Waals surface area contributed by atoms with Crippen LogP contribution in [0.15, 0.2) is 60.9 Å². The van der Waals surface area contributed by atoms with Gasteiger partial charge in [-0.05, 0) is 42.8 Å². The lowest BCUT2D eigenvalue weighted by molar-refractivity contribution is 0.0733. The number of morpholine rings is 2. The van der Waals surface area contributed by atoms with E-state index in [1.807, 2.05) is 6.07 Å². The first-order valence-electron chi connectivity index (χ1n) is 15.3. The molecule has 0 aliphatic carbocycles. The molecule has 5 aromatic rings. The fraction of sp³-hybridized carbons (Fsp3) is 0.281. The number of nitrogen functional groups attached to an aromatic ring is 1. The summed E-state index contributed by atoms with van der Waals surface area (Å²) in [5.41, 5.74) is 9.68. The number of aromatic nitrogens is 4. The summed E-state index contributed by atoms with van der Waals surface area (Å²) < 4.78 is 62.7. The third-order valence-electron chi connectivity index (χ3n) is 8.27. The zero-order chi connectivity index (χ0) is 33.4. The van der Waals surface area contributed by atoms with Crippen molar-refractivity contribution in [2.45, 2.75) is 6.92 Å². The van der Waals surface area contributed by atoms with Gasteiger partial charge in [-0.25, -0.2) is 14.1 Å². The van der Waals surface area contributed by atoms with Crippen LogP contribution < -0.4 is 20.1 Å². The lowest BCUT2D eigenvalue weighted by Gasteiger charge is -2.32. The highest BCUT2D eigenvalue weighted by Crippen LogP contribution is 2.34. The molecular formula is C32H33FN8O6S. The standard InChI is InChI=1S/C32H33FN8O6S/c1-20-14-30(47-29-5-3-2-4-23(29)33)35-19-28(20)41-32(34)22(18-36-41)31(42)26-15-21-16-27(39-6-10-45-11-7-39)25(17-24(21)37-26)38-48(43,44)40-8-12-46-13-9-40/h2-5,14-19,37-38H,6-13,34H2,1H3. The Morgan fingerprint density at radius 2 is 1.73 bits per heavy atom. The molecular weight excluding hydrogens is 643 g/mol. The van der Waals surface area contributed by atoms with E-state index in [1.54, 1.807) is 37.3 Å². The third kappa shape index (κ3) is 6.17. The van der Waals surface area contributed by atoms with Gasteiger partial charge >= 0.3 is 10.2 Å². The largest absolute Gasteiger partial charge is 0.436 e. The summed E-state index contributed by atoms with van der Waals surface area (Å²) in [6.07, 6.45) is 2.87. The number of ether oxygens (including phenoxy) is 3. The Labute approximate surface area is 275 Å². The molecule has 0 bridgehead atoms. The molecule has 0 atom stereocenters. The molecule has 7 rings (SSSR count). The summed E-state index contributed by atoms with van der Waals surface area (Å²) in [7, 11) is -3.86. The molecule has 0 radical (unpaired) electrons. The van der Waals surface area contributed by atoms with Crippen LogP contribution in [0.4, 0.5) is 21.6 Å². The Kier molecular flexibility index (Phi) is 8.47. The number of aryl methyl sites for hydroxylation is 1. The molecule has 4 N–H and O–H groups in total. The van der Waals surface area contributed by atoms with Crippen LogP contribution in [-0.4, -0.2) is 90.9 Å². The zero-order valence-electron chi connectivity index (χ0n) is 26.0. The Morgan fingerprint density at radius 3 is 2.46 bits per heavy atom. The summed E-state index contributed by atoms with van der Waals surface area (Å²) >= 11 is 0. The topological polar surface area (TPSA) is 170 Å². The second-order valence-electron chi connectivity index (χ2n) is 11.4. The van der Waals surface area contributed by atoms with E-state index in [2.05, 4.69) is 24.7 Å². The van der Waals surface area contributed by atoms with Crippen LogP contribution in [0.1, 0.15) is 21.6 Å². The molecule has 2 saturated heterocycles. The van der Waals surface area contributed by atoms with Crippen molar-refractivity contribution in [3.63, 3.8) is 0 Å². The lowest BCUT2D eigenvalue weighted by atomic mass is 10.1. The molecule has 0 spiro atoms. The van der Waals surface area contributed by atoms with Gasteiger partial charge in [0.05, 0.1) is 67.1 Å². The molecule has 16 heteroatoms. The number of fused-ring (bicyclic) bond motifs is 1. The van der Waals surface area contributed by atoms with E-state index < -0.39 is 21.8 Å². The number of rotatable bonds is 9. The number of nitrogens with two attached hydrogens (primary N) is 1. The average Bonchev–Trinajstić information content (AvgIpc) is 3.69. The van der Waals surface area contributed by atoms with Crippen LogP contribution in [0.2, 0.25) is 0 Å². The van der Waals surface area contributed by atoms with Gasteiger partial charge in [-0.2, -0.15) is 17.8 Å². The Hall–Kier alpha value is -5.03. The zero-order valence-corrected chi connectivity index (χ0v) is 26.8. The first-order chi connectivity index (χ1) is 23.2. The lowest BCUT2D eigenvalue weighted by Crippen LogP contribution is -2.44. The van der Waals surface area contributed by atoms with Crippen molar-refractivity contribution in [1.82, 2.24) is 24.1 Å². The number of nitrogens with zero attached hydrogens (tertiary/aromatic N) is 5. The van der Waals surface area contributed by atoms with Crippen molar-refractivity contribution >= 4 is 44.1 Å².